The van der Waals surface area contributed by atoms with Crippen LogP contribution in [-0.2, 0) is 21.9 Å². The Labute approximate surface area is 231 Å². The molecule has 0 radical (unpaired) electrons. The fourth-order valence-corrected chi connectivity index (χ4v) is 7.18. The Morgan fingerprint density at radius 2 is 1.80 bits per heavy atom. The highest BCUT2D eigenvalue weighted by molar-refractivity contribution is 7.89. The van der Waals surface area contributed by atoms with Crippen molar-refractivity contribution in [2.45, 2.75) is 24.4 Å². The summed E-state index contributed by atoms with van der Waals surface area (Å²) < 4.78 is 43.8. The number of halogens is 1. The zero-order valence-electron chi connectivity index (χ0n) is 22.6. The van der Waals surface area contributed by atoms with Gasteiger partial charge < -0.3 is 4.90 Å². The minimum absolute atomic E-state index is 0.0713. The second-order valence-corrected chi connectivity index (χ2v) is 12.6. The van der Waals surface area contributed by atoms with E-state index in [0.717, 1.165) is 27.7 Å². The molecule has 2 saturated heterocycles. The van der Waals surface area contributed by atoms with Crippen LogP contribution >= 0.6 is 0 Å². The molecule has 2 aliphatic heterocycles. The highest BCUT2D eigenvalue weighted by Crippen LogP contribution is 2.34. The lowest BCUT2D eigenvalue weighted by atomic mass is 9.95. The first-order valence-electron chi connectivity index (χ1n) is 13.2. The molecule has 0 spiro atoms. The van der Waals surface area contributed by atoms with Gasteiger partial charge in [0.05, 0.1) is 23.6 Å². The maximum Gasteiger partial charge on any atom is 0.264 e. The zero-order valence-corrected chi connectivity index (χ0v) is 23.4. The van der Waals surface area contributed by atoms with E-state index in [9.17, 15) is 17.6 Å². The molecule has 4 heterocycles. The Kier molecular flexibility index (Phi) is 6.67. The molecule has 210 valence electrons. The fraction of sp³-hybridized carbons (Fsp3) is 0.407. The Balaban J connectivity index is 1.36. The molecule has 0 saturated carbocycles. The van der Waals surface area contributed by atoms with E-state index < -0.39 is 10.0 Å². The normalized spacial score (nSPS) is 21.1. The number of rotatable bonds is 6. The molecule has 2 atom stereocenters. The number of fused-ring (bicyclic) bond motifs is 1. The Morgan fingerprint density at radius 1 is 1.02 bits per heavy atom. The first-order chi connectivity index (χ1) is 19.1. The average molecular weight is 567 g/mol. The van der Waals surface area contributed by atoms with E-state index in [1.165, 1.54) is 27.4 Å². The summed E-state index contributed by atoms with van der Waals surface area (Å²) >= 11 is 0. The minimum Gasteiger partial charge on any atom is -0.345 e. The van der Waals surface area contributed by atoms with Crippen LogP contribution in [0.1, 0.15) is 23.6 Å². The summed E-state index contributed by atoms with van der Waals surface area (Å²) in [6.07, 6.45) is 3.54. The largest absolute Gasteiger partial charge is 0.345 e. The lowest BCUT2D eigenvalue weighted by molar-refractivity contribution is -0.126. The molecule has 2 aromatic heterocycles. The lowest BCUT2D eigenvalue weighted by Gasteiger charge is -2.42. The number of piperazine rings is 1. The van der Waals surface area contributed by atoms with Gasteiger partial charge in [0.2, 0.25) is 10.9 Å². The number of sulfonamides is 1. The van der Waals surface area contributed by atoms with E-state index in [4.69, 9.17) is 0 Å². The highest BCUT2D eigenvalue weighted by atomic mass is 32.2. The third-order valence-electron chi connectivity index (χ3n) is 7.94. The molecule has 0 bridgehead atoms. The molecule has 2 aliphatic rings. The predicted octanol–water partition coefficient (Wildman–Crippen LogP) is 2.13. The standard InChI is InChI=1S/C27H31FN8O3S/c1-18-10-24-20(13-30-36(24)22-6-4-21(28)5-7-22)12-23(18)25-17-35(40(38,39)26-14-29-33(3)31-26)9-8-34(25)16-19-11-27(37)32(2)15-19/h4-7,10,12-14,19,25H,8-9,11,15-17H2,1-3H3/t19?,25-/m0/s1. The Morgan fingerprint density at radius 3 is 2.48 bits per heavy atom. The molecule has 13 heteroatoms. The molecule has 0 aliphatic carbocycles. The molecule has 1 amide bonds. The van der Waals surface area contributed by atoms with Crippen LogP contribution in [0.15, 0.2) is 53.8 Å². The second kappa shape index (κ2) is 10.1. The molecule has 40 heavy (non-hydrogen) atoms. The van der Waals surface area contributed by atoms with Gasteiger partial charge in [0.15, 0.2) is 0 Å². The van der Waals surface area contributed by atoms with Gasteiger partial charge in [-0.2, -0.15) is 19.3 Å². The number of carbonyl (C=O) groups is 1. The monoisotopic (exact) mass is 566 g/mol. The van der Waals surface area contributed by atoms with Gasteiger partial charge in [-0.1, -0.05) is 0 Å². The van der Waals surface area contributed by atoms with Crippen LogP contribution < -0.4 is 0 Å². The Hall–Kier alpha value is -3.68. The summed E-state index contributed by atoms with van der Waals surface area (Å²) in [5, 5.41) is 13.4. The number of aromatic nitrogens is 5. The fourth-order valence-electron chi connectivity index (χ4n) is 5.86. The van der Waals surface area contributed by atoms with Crippen LogP contribution in [0.25, 0.3) is 16.6 Å². The van der Waals surface area contributed by atoms with Crippen molar-refractivity contribution in [1.29, 1.82) is 0 Å². The average Bonchev–Trinajstić information content (AvgIpc) is 3.63. The van der Waals surface area contributed by atoms with Crippen LogP contribution in [-0.4, -0.2) is 93.0 Å². The summed E-state index contributed by atoms with van der Waals surface area (Å²) in [5.74, 6) is -0.00292. The summed E-state index contributed by atoms with van der Waals surface area (Å²) in [6.45, 7) is 4.46. The lowest BCUT2D eigenvalue weighted by Crippen LogP contribution is -2.51. The van der Waals surface area contributed by atoms with Gasteiger partial charge in [-0.05, 0) is 60.4 Å². The Bertz CT molecular complexity index is 1680. The first-order valence-corrected chi connectivity index (χ1v) is 14.6. The van der Waals surface area contributed by atoms with Crippen molar-refractivity contribution in [2.24, 2.45) is 13.0 Å². The van der Waals surface area contributed by atoms with Crippen molar-refractivity contribution in [3.05, 3.63) is 65.7 Å². The summed E-state index contributed by atoms with van der Waals surface area (Å²) in [4.78, 5) is 17.5. The van der Waals surface area contributed by atoms with E-state index in [0.29, 0.717) is 32.6 Å². The number of likely N-dealkylation sites (tertiary alicyclic amines) is 1. The zero-order chi connectivity index (χ0) is 28.2. The molecule has 1 unspecified atom stereocenters. The first kappa shape index (κ1) is 26.5. The number of benzene rings is 2. The van der Waals surface area contributed by atoms with Gasteiger partial charge >= 0.3 is 0 Å². The molecule has 6 rings (SSSR count). The van der Waals surface area contributed by atoms with Crippen molar-refractivity contribution < 1.29 is 17.6 Å². The van der Waals surface area contributed by atoms with Crippen molar-refractivity contribution in [3.63, 3.8) is 0 Å². The second-order valence-electron chi connectivity index (χ2n) is 10.7. The van der Waals surface area contributed by atoms with Crippen molar-refractivity contribution in [1.82, 2.24) is 38.9 Å². The molecular weight excluding hydrogens is 535 g/mol. The van der Waals surface area contributed by atoms with Crippen molar-refractivity contribution in [2.75, 3.05) is 39.8 Å². The summed E-state index contributed by atoms with van der Waals surface area (Å²) in [6, 6.07) is 10.1. The molecule has 11 nitrogen and oxygen atoms in total. The topological polar surface area (TPSA) is 109 Å². The third-order valence-corrected chi connectivity index (χ3v) is 9.66. The molecule has 4 aromatic rings. The highest BCUT2D eigenvalue weighted by Gasteiger charge is 2.39. The number of hydrogen-bond donors (Lipinski definition) is 0. The van der Waals surface area contributed by atoms with Gasteiger partial charge in [-0.15, -0.1) is 5.10 Å². The number of carbonyl (C=O) groups excluding carboxylic acids is 1. The quantitative estimate of drug-likeness (QED) is 0.352. The summed E-state index contributed by atoms with van der Waals surface area (Å²) in [7, 11) is -0.429. The summed E-state index contributed by atoms with van der Waals surface area (Å²) in [5.41, 5.74) is 3.62. The SMILES string of the molecule is Cc1cc2c(cnn2-c2ccc(F)cc2)cc1[C@@H]1CN(S(=O)(=O)c2cnn(C)n2)CCN1CC1CC(=O)N(C)C1. The molecule has 2 aromatic carbocycles. The number of aryl methyl sites for hydroxylation is 2. The number of nitrogens with zero attached hydrogens (tertiary/aromatic N) is 8. The predicted molar refractivity (Wildman–Crippen MR) is 146 cm³/mol. The van der Waals surface area contributed by atoms with Crippen LogP contribution in [0.5, 0.6) is 0 Å². The maximum absolute atomic E-state index is 13.5. The molecule has 0 N–H and O–H groups in total. The van der Waals surface area contributed by atoms with Crippen LogP contribution in [0.4, 0.5) is 4.39 Å². The van der Waals surface area contributed by atoms with Crippen molar-refractivity contribution >= 4 is 26.8 Å². The van der Waals surface area contributed by atoms with E-state index in [1.807, 2.05) is 20.0 Å². The van der Waals surface area contributed by atoms with Crippen LogP contribution in [0, 0.1) is 18.7 Å². The van der Waals surface area contributed by atoms with E-state index >= 15 is 0 Å². The number of amides is 1. The van der Waals surface area contributed by atoms with Crippen molar-refractivity contribution in [3.8, 4) is 5.69 Å². The van der Waals surface area contributed by atoms with Gasteiger partial charge in [-0.3, -0.25) is 9.69 Å². The third kappa shape index (κ3) is 4.78. The van der Waals surface area contributed by atoms with Crippen LogP contribution in [0.3, 0.4) is 0 Å². The van der Waals surface area contributed by atoms with Crippen LogP contribution in [0.2, 0.25) is 0 Å². The van der Waals surface area contributed by atoms with Gasteiger partial charge in [0.25, 0.3) is 10.0 Å². The van der Waals surface area contributed by atoms with Gasteiger partial charge in [0, 0.05) is 64.7 Å². The van der Waals surface area contributed by atoms with E-state index in [-0.39, 0.29) is 35.3 Å². The van der Waals surface area contributed by atoms with E-state index in [2.05, 4.69) is 26.3 Å². The van der Waals surface area contributed by atoms with Gasteiger partial charge in [-0.25, -0.2) is 17.5 Å². The molecular formula is C27H31FN8O3S. The van der Waals surface area contributed by atoms with E-state index in [1.54, 1.807) is 35.0 Å². The maximum atomic E-state index is 13.5. The smallest absolute Gasteiger partial charge is 0.264 e. The minimum atomic E-state index is -3.84. The molecule has 2 fully saturated rings. The van der Waals surface area contributed by atoms with Gasteiger partial charge in [0.1, 0.15) is 5.82 Å². The number of hydrogen-bond acceptors (Lipinski definition) is 7.